The summed E-state index contributed by atoms with van der Waals surface area (Å²) in [6, 6.07) is 2.31. The van der Waals surface area contributed by atoms with Crippen molar-refractivity contribution in [3.8, 4) is 5.75 Å². The van der Waals surface area contributed by atoms with Crippen LogP contribution < -0.4 is 4.74 Å². The Morgan fingerprint density at radius 2 is 2.00 bits per heavy atom. The maximum atomic E-state index is 11.6. The van der Waals surface area contributed by atoms with Gasteiger partial charge in [-0.2, -0.15) is 0 Å². The smallest absolute Gasteiger partial charge is 0.308 e. The highest BCUT2D eigenvalue weighted by Gasteiger charge is 2.37. The summed E-state index contributed by atoms with van der Waals surface area (Å²) in [5.74, 6) is 0.735. The number of aryl methyl sites for hydroxylation is 1. The SMILES string of the molecule is Cc1cc(C(C)(C)C)c2c(c1CC[C@@H]1C[C@@H](O)CC(=O)O1)OC(C)(C)C2. The van der Waals surface area contributed by atoms with E-state index in [0.29, 0.717) is 12.8 Å². The fourth-order valence-corrected chi connectivity index (χ4v) is 4.23. The molecular formula is C22H32O4. The molecule has 2 aliphatic heterocycles. The van der Waals surface area contributed by atoms with E-state index in [9.17, 15) is 9.90 Å². The van der Waals surface area contributed by atoms with Crippen LogP contribution in [-0.2, 0) is 27.8 Å². The molecule has 26 heavy (non-hydrogen) atoms. The Kier molecular flexibility index (Phi) is 4.85. The van der Waals surface area contributed by atoms with Gasteiger partial charge in [0.05, 0.1) is 12.5 Å². The molecule has 1 aromatic carbocycles. The highest BCUT2D eigenvalue weighted by Crippen LogP contribution is 2.45. The number of carbonyl (C=O) groups excluding carboxylic acids is 1. The molecule has 0 unspecified atom stereocenters. The van der Waals surface area contributed by atoms with Gasteiger partial charge in [-0.1, -0.05) is 26.8 Å². The second-order valence-electron chi connectivity index (χ2n) is 9.56. The lowest BCUT2D eigenvalue weighted by molar-refractivity contribution is -0.160. The van der Waals surface area contributed by atoms with Crippen LogP contribution in [0, 0.1) is 6.92 Å². The first-order chi connectivity index (χ1) is 12.0. The Morgan fingerprint density at radius 1 is 1.31 bits per heavy atom. The van der Waals surface area contributed by atoms with Crippen LogP contribution in [0.4, 0.5) is 0 Å². The van der Waals surface area contributed by atoms with Gasteiger partial charge >= 0.3 is 5.97 Å². The van der Waals surface area contributed by atoms with E-state index in [4.69, 9.17) is 9.47 Å². The number of carbonyl (C=O) groups is 1. The minimum atomic E-state index is -0.577. The van der Waals surface area contributed by atoms with Crippen molar-refractivity contribution in [1.29, 1.82) is 0 Å². The summed E-state index contributed by atoms with van der Waals surface area (Å²) < 4.78 is 11.8. The number of fused-ring (bicyclic) bond motifs is 1. The molecule has 144 valence electrons. The number of hydrogen-bond acceptors (Lipinski definition) is 4. The van der Waals surface area contributed by atoms with Crippen LogP contribution in [0.5, 0.6) is 5.75 Å². The van der Waals surface area contributed by atoms with E-state index in [2.05, 4.69) is 47.6 Å². The molecule has 0 radical (unpaired) electrons. The van der Waals surface area contributed by atoms with Gasteiger partial charge < -0.3 is 14.6 Å². The summed E-state index contributed by atoms with van der Waals surface area (Å²) in [6.45, 7) is 13.2. The molecule has 1 fully saturated rings. The Hall–Kier alpha value is -1.55. The molecule has 2 atom stereocenters. The molecule has 2 heterocycles. The molecule has 4 heteroatoms. The third-order valence-corrected chi connectivity index (χ3v) is 5.45. The molecule has 3 rings (SSSR count). The molecule has 0 aromatic heterocycles. The topological polar surface area (TPSA) is 55.8 Å². The van der Waals surface area contributed by atoms with E-state index >= 15 is 0 Å². The Bertz CT molecular complexity index is 712. The summed E-state index contributed by atoms with van der Waals surface area (Å²) in [6.07, 6.45) is 2.28. The molecule has 1 N–H and O–H groups in total. The number of hydrogen-bond donors (Lipinski definition) is 1. The molecule has 0 aliphatic carbocycles. The number of rotatable bonds is 3. The van der Waals surface area contributed by atoms with Crippen LogP contribution in [0.3, 0.4) is 0 Å². The van der Waals surface area contributed by atoms with Gasteiger partial charge in [0.25, 0.3) is 0 Å². The van der Waals surface area contributed by atoms with Crippen molar-refractivity contribution in [1.82, 2.24) is 0 Å². The van der Waals surface area contributed by atoms with Crippen LogP contribution in [0.1, 0.15) is 76.1 Å². The van der Waals surface area contributed by atoms with Gasteiger partial charge in [0, 0.05) is 18.4 Å². The Labute approximate surface area is 156 Å². The number of aliphatic hydroxyl groups excluding tert-OH is 1. The molecule has 0 saturated carbocycles. The third-order valence-electron chi connectivity index (χ3n) is 5.45. The second kappa shape index (κ2) is 6.56. The van der Waals surface area contributed by atoms with Gasteiger partial charge in [-0.25, -0.2) is 0 Å². The minimum absolute atomic E-state index is 0.0696. The quantitative estimate of drug-likeness (QED) is 0.828. The predicted molar refractivity (Wildman–Crippen MR) is 102 cm³/mol. The molecule has 0 amide bonds. The van der Waals surface area contributed by atoms with Gasteiger partial charge in [-0.05, 0) is 55.7 Å². The lowest BCUT2D eigenvalue weighted by Crippen LogP contribution is -2.32. The van der Waals surface area contributed by atoms with Gasteiger partial charge in [0.15, 0.2) is 0 Å². The lowest BCUT2D eigenvalue weighted by Gasteiger charge is -2.27. The molecule has 1 aromatic rings. The average molecular weight is 360 g/mol. The van der Waals surface area contributed by atoms with E-state index in [1.54, 1.807) is 0 Å². The van der Waals surface area contributed by atoms with Crippen molar-refractivity contribution in [2.75, 3.05) is 0 Å². The molecule has 0 bridgehead atoms. The molecule has 1 saturated heterocycles. The first-order valence-corrected chi connectivity index (χ1v) is 9.68. The molecular weight excluding hydrogens is 328 g/mol. The zero-order chi connectivity index (χ0) is 19.3. The third kappa shape index (κ3) is 3.90. The number of ether oxygens (including phenoxy) is 2. The summed E-state index contributed by atoms with van der Waals surface area (Å²) in [5.41, 5.74) is 5.00. The summed E-state index contributed by atoms with van der Waals surface area (Å²) >= 11 is 0. The maximum Gasteiger partial charge on any atom is 0.308 e. The number of cyclic esters (lactones) is 1. The van der Waals surface area contributed by atoms with E-state index in [0.717, 1.165) is 18.6 Å². The normalized spacial score (nSPS) is 24.8. The number of aliphatic hydroxyl groups is 1. The average Bonchev–Trinajstić information content (AvgIpc) is 2.78. The number of benzene rings is 1. The summed E-state index contributed by atoms with van der Waals surface area (Å²) in [5, 5.41) is 9.83. The van der Waals surface area contributed by atoms with E-state index in [1.165, 1.54) is 22.3 Å². The Balaban J connectivity index is 1.89. The second-order valence-corrected chi connectivity index (χ2v) is 9.56. The van der Waals surface area contributed by atoms with Crippen molar-refractivity contribution in [2.45, 2.75) is 96.9 Å². The van der Waals surface area contributed by atoms with Gasteiger partial charge in [0.1, 0.15) is 17.5 Å². The summed E-state index contributed by atoms with van der Waals surface area (Å²) in [7, 11) is 0. The first kappa shape index (κ1) is 19.2. The van der Waals surface area contributed by atoms with Crippen molar-refractivity contribution < 1.29 is 19.4 Å². The monoisotopic (exact) mass is 360 g/mol. The van der Waals surface area contributed by atoms with Crippen LogP contribution in [0.2, 0.25) is 0 Å². The Morgan fingerprint density at radius 3 is 2.62 bits per heavy atom. The zero-order valence-electron chi connectivity index (χ0n) is 16.9. The fourth-order valence-electron chi connectivity index (χ4n) is 4.23. The predicted octanol–water partition coefficient (Wildman–Crippen LogP) is 4.01. The highest BCUT2D eigenvalue weighted by molar-refractivity contribution is 5.71. The van der Waals surface area contributed by atoms with E-state index < -0.39 is 6.10 Å². The maximum absolute atomic E-state index is 11.6. The van der Waals surface area contributed by atoms with E-state index in [1.807, 2.05) is 0 Å². The van der Waals surface area contributed by atoms with Crippen LogP contribution in [0.15, 0.2) is 6.07 Å². The fraction of sp³-hybridized carbons (Fsp3) is 0.682. The van der Waals surface area contributed by atoms with Crippen molar-refractivity contribution >= 4 is 5.97 Å². The molecule has 4 nitrogen and oxygen atoms in total. The van der Waals surface area contributed by atoms with Crippen molar-refractivity contribution in [2.24, 2.45) is 0 Å². The van der Waals surface area contributed by atoms with Gasteiger partial charge in [-0.15, -0.1) is 0 Å². The minimum Gasteiger partial charge on any atom is -0.487 e. The largest absolute Gasteiger partial charge is 0.487 e. The van der Waals surface area contributed by atoms with Crippen LogP contribution in [-0.4, -0.2) is 28.9 Å². The standard InChI is InChI=1S/C22H32O4/c1-13-9-18(21(2,3)4)17-12-22(5,6)26-20(17)16(13)8-7-15-10-14(23)11-19(24)25-15/h9,14-15,23H,7-8,10-12H2,1-6H3/t14-,15-/m1/s1. The van der Waals surface area contributed by atoms with Gasteiger partial charge in [-0.3, -0.25) is 4.79 Å². The highest BCUT2D eigenvalue weighted by atomic mass is 16.5. The van der Waals surface area contributed by atoms with Crippen molar-refractivity contribution in [3.63, 3.8) is 0 Å². The lowest BCUT2D eigenvalue weighted by atomic mass is 9.79. The molecule has 0 spiro atoms. The van der Waals surface area contributed by atoms with Crippen molar-refractivity contribution in [3.05, 3.63) is 28.3 Å². The number of esters is 1. The van der Waals surface area contributed by atoms with E-state index in [-0.39, 0.29) is 29.5 Å². The summed E-state index contributed by atoms with van der Waals surface area (Å²) in [4.78, 5) is 11.6. The van der Waals surface area contributed by atoms with Crippen LogP contribution >= 0.6 is 0 Å². The zero-order valence-corrected chi connectivity index (χ0v) is 16.9. The first-order valence-electron chi connectivity index (χ1n) is 9.68. The van der Waals surface area contributed by atoms with Crippen LogP contribution in [0.25, 0.3) is 0 Å². The van der Waals surface area contributed by atoms with Gasteiger partial charge in [0.2, 0.25) is 0 Å². The molecule has 2 aliphatic rings.